The summed E-state index contributed by atoms with van der Waals surface area (Å²) in [6.07, 6.45) is -0.0226. The number of fused-ring (bicyclic) bond motifs is 1. The van der Waals surface area contributed by atoms with E-state index in [1.165, 1.54) is 6.92 Å². The van der Waals surface area contributed by atoms with Crippen molar-refractivity contribution >= 4 is 22.8 Å². The Balaban J connectivity index is 2.54. The van der Waals surface area contributed by atoms with E-state index in [1.807, 2.05) is 31.2 Å². The first-order valence-corrected chi connectivity index (χ1v) is 6.38. The molecule has 106 valence electrons. The summed E-state index contributed by atoms with van der Waals surface area (Å²) < 4.78 is 1.79. The molecule has 1 aromatic heterocycles. The molecular formula is C14H17N3O3. The van der Waals surface area contributed by atoms with E-state index in [2.05, 4.69) is 5.10 Å². The number of nitrogens with two attached hydrogens (primary N) is 1. The van der Waals surface area contributed by atoms with Gasteiger partial charge in [-0.3, -0.25) is 14.3 Å². The number of rotatable bonds is 5. The van der Waals surface area contributed by atoms with Gasteiger partial charge in [-0.05, 0) is 19.9 Å². The molecule has 20 heavy (non-hydrogen) atoms. The third-order valence-electron chi connectivity index (χ3n) is 3.57. The highest BCUT2D eigenvalue weighted by molar-refractivity contribution is 6.01. The summed E-state index contributed by atoms with van der Waals surface area (Å²) in [4.78, 5) is 22.8. The van der Waals surface area contributed by atoms with E-state index < -0.39 is 17.3 Å². The molecule has 6 heteroatoms. The lowest BCUT2D eigenvalue weighted by atomic mass is 9.84. The molecule has 0 bridgehead atoms. The minimum absolute atomic E-state index is 0.0226. The Morgan fingerprint density at radius 3 is 2.60 bits per heavy atom. The lowest BCUT2D eigenvalue weighted by Crippen LogP contribution is -2.43. The number of nitrogens with zero attached hydrogens (tertiary/aromatic N) is 2. The van der Waals surface area contributed by atoms with Gasteiger partial charge < -0.3 is 10.8 Å². The Hall–Kier alpha value is -2.37. The topological polar surface area (TPSA) is 98.2 Å². The number of benzene rings is 1. The largest absolute Gasteiger partial charge is 0.480 e. The number of amides is 1. The summed E-state index contributed by atoms with van der Waals surface area (Å²) in [5, 5.41) is 14.5. The minimum atomic E-state index is -1.66. The molecule has 0 fully saturated rings. The molecule has 1 heterocycles. The second kappa shape index (κ2) is 4.96. The molecule has 1 aromatic carbocycles. The van der Waals surface area contributed by atoms with Crippen molar-refractivity contribution in [2.45, 2.75) is 26.8 Å². The number of para-hydroxylation sites is 1. The van der Waals surface area contributed by atoms with E-state index >= 15 is 0 Å². The number of hydrogen-bond donors (Lipinski definition) is 2. The normalized spacial score (nSPS) is 14.1. The number of carboxylic acids is 1. The van der Waals surface area contributed by atoms with E-state index in [0.29, 0.717) is 12.2 Å². The fourth-order valence-electron chi connectivity index (χ4n) is 2.17. The smallest absolute Gasteiger partial charge is 0.319 e. The zero-order valence-electron chi connectivity index (χ0n) is 11.5. The molecule has 2 aromatic rings. The van der Waals surface area contributed by atoms with Crippen molar-refractivity contribution in [1.29, 1.82) is 0 Å². The zero-order chi connectivity index (χ0) is 14.9. The summed E-state index contributed by atoms with van der Waals surface area (Å²) >= 11 is 0. The maximum atomic E-state index is 11.5. The molecule has 1 amide bonds. The van der Waals surface area contributed by atoms with Gasteiger partial charge in [0.15, 0.2) is 0 Å². The maximum Gasteiger partial charge on any atom is 0.319 e. The van der Waals surface area contributed by atoms with Gasteiger partial charge in [0.2, 0.25) is 5.91 Å². The van der Waals surface area contributed by atoms with E-state index in [0.717, 1.165) is 10.9 Å². The highest BCUT2D eigenvalue weighted by Gasteiger charge is 2.41. The lowest BCUT2D eigenvalue weighted by molar-refractivity contribution is -0.153. The fourth-order valence-corrected chi connectivity index (χ4v) is 2.17. The van der Waals surface area contributed by atoms with Crippen LogP contribution in [-0.4, -0.2) is 26.8 Å². The van der Waals surface area contributed by atoms with Gasteiger partial charge in [0.05, 0.1) is 11.2 Å². The average molecular weight is 275 g/mol. The summed E-state index contributed by atoms with van der Waals surface area (Å²) in [6, 6.07) is 7.53. The van der Waals surface area contributed by atoms with Crippen LogP contribution in [0, 0.1) is 5.41 Å². The molecule has 0 spiro atoms. The van der Waals surface area contributed by atoms with Gasteiger partial charge in [-0.1, -0.05) is 18.2 Å². The van der Waals surface area contributed by atoms with Gasteiger partial charge in [-0.25, -0.2) is 0 Å². The number of aliphatic carboxylic acids is 1. The van der Waals surface area contributed by atoms with Crippen LogP contribution in [0.25, 0.3) is 10.9 Å². The summed E-state index contributed by atoms with van der Waals surface area (Å²) in [5.41, 5.74) is 5.09. The van der Waals surface area contributed by atoms with E-state index in [1.54, 1.807) is 4.68 Å². The second-order valence-electron chi connectivity index (χ2n) is 4.96. The van der Waals surface area contributed by atoms with Crippen LogP contribution < -0.4 is 5.73 Å². The molecule has 1 unspecified atom stereocenters. The Bertz CT molecular complexity index is 661. The van der Waals surface area contributed by atoms with Gasteiger partial charge >= 0.3 is 5.97 Å². The Morgan fingerprint density at radius 2 is 2.05 bits per heavy atom. The van der Waals surface area contributed by atoms with Gasteiger partial charge in [0.1, 0.15) is 5.41 Å². The van der Waals surface area contributed by atoms with E-state index in [9.17, 15) is 14.7 Å². The van der Waals surface area contributed by atoms with Crippen LogP contribution in [0.3, 0.4) is 0 Å². The summed E-state index contributed by atoms with van der Waals surface area (Å²) in [7, 11) is 0. The van der Waals surface area contributed by atoms with Crippen LogP contribution in [0.15, 0.2) is 24.3 Å². The monoisotopic (exact) mass is 275 g/mol. The first-order chi connectivity index (χ1) is 9.40. The lowest BCUT2D eigenvalue weighted by Gasteiger charge is -2.19. The van der Waals surface area contributed by atoms with E-state index in [4.69, 9.17) is 5.73 Å². The van der Waals surface area contributed by atoms with Gasteiger partial charge in [0.25, 0.3) is 0 Å². The summed E-state index contributed by atoms with van der Waals surface area (Å²) in [5.74, 6) is -2.10. The van der Waals surface area contributed by atoms with Crippen LogP contribution in [-0.2, 0) is 22.6 Å². The molecule has 0 saturated heterocycles. The molecule has 1 atom stereocenters. The molecule has 0 aliphatic rings. The average Bonchev–Trinajstić information content (AvgIpc) is 2.76. The molecule has 0 radical (unpaired) electrons. The predicted octanol–water partition coefficient (Wildman–Crippen LogP) is 1.17. The van der Waals surface area contributed by atoms with Crippen molar-refractivity contribution in [3.8, 4) is 0 Å². The number of aryl methyl sites for hydroxylation is 1. The van der Waals surface area contributed by atoms with Gasteiger partial charge in [-0.15, -0.1) is 0 Å². The molecular weight excluding hydrogens is 258 g/mol. The molecule has 2 rings (SSSR count). The second-order valence-corrected chi connectivity index (χ2v) is 4.96. The molecule has 0 aliphatic heterocycles. The van der Waals surface area contributed by atoms with Crippen molar-refractivity contribution in [2.75, 3.05) is 0 Å². The quantitative estimate of drug-likeness (QED) is 0.800. The number of primary amides is 1. The summed E-state index contributed by atoms with van der Waals surface area (Å²) in [6.45, 7) is 3.95. The number of carbonyl (C=O) groups excluding carboxylic acids is 1. The molecule has 6 nitrogen and oxygen atoms in total. The maximum absolute atomic E-state index is 11.5. The molecule has 0 aliphatic carbocycles. The highest BCUT2D eigenvalue weighted by atomic mass is 16.4. The Morgan fingerprint density at radius 1 is 1.40 bits per heavy atom. The standard InChI is InChI=1S/C14H17N3O3/c1-3-17-11-7-5-4-6-9(11)10(16-17)8-14(2,12(15)18)13(19)20/h4-7H,3,8H2,1-2H3,(H2,15,18)(H,19,20). The highest BCUT2D eigenvalue weighted by Crippen LogP contribution is 2.27. The van der Waals surface area contributed by atoms with Crippen molar-refractivity contribution in [2.24, 2.45) is 11.1 Å². The van der Waals surface area contributed by atoms with Crippen LogP contribution >= 0.6 is 0 Å². The first-order valence-electron chi connectivity index (χ1n) is 6.38. The fraction of sp³-hybridized carbons (Fsp3) is 0.357. The molecule has 3 N–H and O–H groups in total. The van der Waals surface area contributed by atoms with Crippen LogP contribution in [0.1, 0.15) is 19.5 Å². The van der Waals surface area contributed by atoms with Crippen molar-refractivity contribution in [1.82, 2.24) is 9.78 Å². The van der Waals surface area contributed by atoms with Crippen molar-refractivity contribution < 1.29 is 14.7 Å². The third kappa shape index (κ3) is 2.13. The predicted molar refractivity (Wildman–Crippen MR) is 74.0 cm³/mol. The molecule has 0 saturated carbocycles. The van der Waals surface area contributed by atoms with Crippen LogP contribution in [0.5, 0.6) is 0 Å². The SMILES string of the molecule is CCn1nc(CC(C)(C(N)=O)C(=O)O)c2ccccc21. The minimum Gasteiger partial charge on any atom is -0.480 e. The van der Waals surface area contributed by atoms with Crippen LogP contribution in [0.2, 0.25) is 0 Å². The van der Waals surface area contributed by atoms with Crippen molar-refractivity contribution in [3.63, 3.8) is 0 Å². The number of carbonyl (C=O) groups is 2. The number of aromatic nitrogens is 2. The number of hydrogen-bond acceptors (Lipinski definition) is 3. The Labute approximate surface area is 116 Å². The zero-order valence-corrected chi connectivity index (χ0v) is 11.5. The first kappa shape index (κ1) is 14.0. The van der Waals surface area contributed by atoms with Crippen molar-refractivity contribution in [3.05, 3.63) is 30.0 Å². The Kier molecular flexibility index (Phi) is 3.48. The van der Waals surface area contributed by atoms with Gasteiger partial charge in [-0.2, -0.15) is 5.10 Å². The van der Waals surface area contributed by atoms with Crippen LogP contribution in [0.4, 0.5) is 0 Å². The van der Waals surface area contributed by atoms with Gasteiger partial charge in [0, 0.05) is 18.4 Å². The van der Waals surface area contributed by atoms with E-state index in [-0.39, 0.29) is 6.42 Å². The number of carboxylic acid groups (broad SMARTS) is 1. The third-order valence-corrected chi connectivity index (χ3v) is 3.57.